The molecule has 4 aromatic rings. The molecule has 0 N–H and O–H groups in total. The predicted molar refractivity (Wildman–Crippen MR) is 114 cm³/mol. The van der Waals surface area contributed by atoms with Crippen molar-refractivity contribution < 1.29 is 22.6 Å². The first-order valence-electron chi connectivity index (χ1n) is 9.92. The molecule has 5 nitrogen and oxygen atoms in total. The zero-order valence-corrected chi connectivity index (χ0v) is 18.2. The lowest BCUT2D eigenvalue weighted by atomic mass is 9.95. The van der Waals surface area contributed by atoms with E-state index in [1.54, 1.807) is 41.2 Å². The zero-order valence-electron chi connectivity index (χ0n) is 16.6. The highest BCUT2D eigenvalue weighted by Crippen LogP contribution is 2.48. The minimum absolute atomic E-state index is 0.101. The molecule has 0 spiro atoms. The molecular weight excluding hydrogens is 487 g/mol. The Balaban J connectivity index is 1.58. The summed E-state index contributed by atoms with van der Waals surface area (Å²) in [7, 11) is 0. The van der Waals surface area contributed by atoms with Gasteiger partial charge in [0.15, 0.2) is 0 Å². The fourth-order valence-corrected chi connectivity index (χ4v) is 4.48. The lowest BCUT2D eigenvalue weighted by Crippen LogP contribution is -2.09. The Morgan fingerprint density at radius 1 is 1.16 bits per heavy atom. The van der Waals surface area contributed by atoms with Crippen LogP contribution in [0.5, 0.6) is 5.75 Å². The minimum Gasteiger partial charge on any atom is -0.435 e. The Labute approximate surface area is 190 Å². The van der Waals surface area contributed by atoms with Gasteiger partial charge in [-0.25, -0.2) is 9.37 Å². The van der Waals surface area contributed by atoms with E-state index >= 15 is 0 Å². The van der Waals surface area contributed by atoms with E-state index in [0.717, 1.165) is 11.3 Å². The summed E-state index contributed by atoms with van der Waals surface area (Å²) >= 11 is 3.22. The van der Waals surface area contributed by atoms with Gasteiger partial charge in [-0.15, -0.1) is 0 Å². The molecule has 5 rings (SSSR count). The second-order valence-corrected chi connectivity index (χ2v) is 8.29. The number of benzene rings is 1. The molecule has 1 aromatic carbocycles. The molecule has 0 radical (unpaired) electrons. The molecule has 1 aliphatic rings. The van der Waals surface area contributed by atoms with Crippen molar-refractivity contribution in [3.05, 3.63) is 93.9 Å². The highest BCUT2D eigenvalue weighted by atomic mass is 79.9. The monoisotopic (exact) mass is 503 g/mol. The van der Waals surface area contributed by atoms with Crippen molar-refractivity contribution >= 4 is 21.6 Å². The molecular formula is C23H17BrF3N3O2. The van der Waals surface area contributed by atoms with E-state index in [4.69, 9.17) is 9.47 Å². The van der Waals surface area contributed by atoms with E-state index in [9.17, 15) is 13.2 Å². The molecule has 0 saturated carbocycles. The SMILES string of the molecule is Fc1cc2nc3c(n2cc1Br)[C@@H](c1ccccc1OC(F)F)CC3OCc1ccncc1. The number of pyridine rings is 2. The number of aromatic nitrogens is 3. The summed E-state index contributed by atoms with van der Waals surface area (Å²) in [6, 6.07) is 11.7. The van der Waals surface area contributed by atoms with Crippen molar-refractivity contribution in [3.63, 3.8) is 0 Å². The number of para-hydroxylation sites is 1. The summed E-state index contributed by atoms with van der Waals surface area (Å²) in [5.41, 5.74) is 3.40. The Bertz CT molecular complexity index is 1270. The maximum absolute atomic E-state index is 14.2. The number of hydrogen-bond acceptors (Lipinski definition) is 4. The van der Waals surface area contributed by atoms with Gasteiger partial charge >= 0.3 is 6.61 Å². The molecule has 0 saturated heterocycles. The topological polar surface area (TPSA) is 48.7 Å². The van der Waals surface area contributed by atoms with Gasteiger partial charge in [-0.1, -0.05) is 18.2 Å². The first-order valence-corrected chi connectivity index (χ1v) is 10.7. The zero-order chi connectivity index (χ0) is 22.2. The smallest absolute Gasteiger partial charge is 0.387 e. The number of halogens is 4. The van der Waals surface area contributed by atoms with E-state index in [1.165, 1.54) is 12.1 Å². The van der Waals surface area contributed by atoms with Crippen LogP contribution in [0.4, 0.5) is 13.2 Å². The summed E-state index contributed by atoms with van der Waals surface area (Å²) in [6.07, 6.45) is 5.06. The van der Waals surface area contributed by atoms with Crippen LogP contribution < -0.4 is 4.74 Å². The van der Waals surface area contributed by atoms with Crippen LogP contribution in [-0.2, 0) is 11.3 Å². The van der Waals surface area contributed by atoms with E-state index < -0.39 is 18.5 Å². The summed E-state index contributed by atoms with van der Waals surface area (Å²) in [6.45, 7) is -2.61. The van der Waals surface area contributed by atoms with E-state index in [0.29, 0.717) is 29.9 Å². The molecule has 0 amide bonds. The number of nitrogens with zero attached hydrogens (tertiary/aromatic N) is 3. The van der Waals surface area contributed by atoms with E-state index in [-0.39, 0.29) is 16.1 Å². The van der Waals surface area contributed by atoms with Gasteiger partial charge in [-0.2, -0.15) is 8.78 Å². The van der Waals surface area contributed by atoms with Gasteiger partial charge in [0.25, 0.3) is 0 Å². The highest BCUT2D eigenvalue weighted by molar-refractivity contribution is 9.10. The van der Waals surface area contributed by atoms with Gasteiger partial charge in [0.1, 0.15) is 23.3 Å². The average Bonchev–Trinajstić information content (AvgIpc) is 3.31. The van der Waals surface area contributed by atoms with Gasteiger partial charge in [0.05, 0.1) is 22.5 Å². The highest BCUT2D eigenvalue weighted by Gasteiger charge is 2.39. The molecule has 3 heterocycles. The number of hydrogen-bond donors (Lipinski definition) is 0. The number of imidazole rings is 1. The van der Waals surface area contributed by atoms with Gasteiger partial charge in [-0.05, 0) is 46.1 Å². The molecule has 1 unspecified atom stereocenters. The molecule has 32 heavy (non-hydrogen) atoms. The fourth-order valence-electron chi connectivity index (χ4n) is 4.17. The minimum atomic E-state index is -2.94. The largest absolute Gasteiger partial charge is 0.435 e. The lowest BCUT2D eigenvalue weighted by Gasteiger charge is -2.18. The van der Waals surface area contributed by atoms with Gasteiger partial charge in [0.2, 0.25) is 0 Å². The molecule has 2 atom stereocenters. The predicted octanol–water partition coefficient (Wildman–Crippen LogP) is 6.03. The Morgan fingerprint density at radius 3 is 2.72 bits per heavy atom. The van der Waals surface area contributed by atoms with Crippen LogP contribution >= 0.6 is 15.9 Å². The maximum atomic E-state index is 14.2. The second kappa shape index (κ2) is 8.55. The van der Waals surface area contributed by atoms with Crippen molar-refractivity contribution in [3.8, 4) is 5.75 Å². The molecule has 3 aromatic heterocycles. The third-order valence-corrected chi connectivity index (χ3v) is 6.11. The molecule has 1 aliphatic carbocycles. The van der Waals surface area contributed by atoms with Crippen LogP contribution in [0, 0.1) is 5.82 Å². The Hall–Kier alpha value is -2.91. The molecule has 164 valence electrons. The van der Waals surface area contributed by atoms with Crippen LogP contribution in [0.3, 0.4) is 0 Å². The van der Waals surface area contributed by atoms with Gasteiger partial charge < -0.3 is 13.9 Å². The summed E-state index contributed by atoms with van der Waals surface area (Å²) in [4.78, 5) is 8.64. The molecule has 9 heteroatoms. The van der Waals surface area contributed by atoms with E-state index in [1.807, 2.05) is 12.1 Å². The lowest BCUT2D eigenvalue weighted by molar-refractivity contribution is -0.0506. The number of fused-ring (bicyclic) bond motifs is 3. The summed E-state index contributed by atoms with van der Waals surface area (Å²) < 4.78 is 53.3. The van der Waals surface area contributed by atoms with Crippen LogP contribution in [0.25, 0.3) is 5.65 Å². The van der Waals surface area contributed by atoms with Crippen LogP contribution in [0.2, 0.25) is 0 Å². The van der Waals surface area contributed by atoms with Crippen molar-refractivity contribution in [2.24, 2.45) is 0 Å². The second-order valence-electron chi connectivity index (χ2n) is 7.44. The number of ether oxygens (including phenoxy) is 2. The maximum Gasteiger partial charge on any atom is 0.387 e. The first kappa shape index (κ1) is 21.0. The van der Waals surface area contributed by atoms with Crippen molar-refractivity contribution in [1.29, 1.82) is 0 Å². The third-order valence-electron chi connectivity index (χ3n) is 5.53. The van der Waals surface area contributed by atoms with Crippen LogP contribution in [0.1, 0.15) is 41.0 Å². The van der Waals surface area contributed by atoms with Gasteiger partial charge in [-0.3, -0.25) is 4.98 Å². The number of rotatable bonds is 6. The quantitative estimate of drug-likeness (QED) is 0.322. The average molecular weight is 504 g/mol. The standard InChI is InChI=1S/C23H17BrF3N3O2/c24-16-11-30-20(10-17(16)25)29-21-19(31-12-13-5-7-28-8-6-13)9-15(22(21)30)14-3-1-2-4-18(14)32-23(26)27/h1-8,10-11,15,19,23H,9,12H2/t15-,19?/m1/s1. The summed E-state index contributed by atoms with van der Waals surface area (Å²) in [5.74, 6) is -0.660. The van der Waals surface area contributed by atoms with Crippen LogP contribution in [0.15, 0.2) is 65.5 Å². The normalized spacial score (nSPS) is 17.8. The van der Waals surface area contributed by atoms with E-state index in [2.05, 4.69) is 25.9 Å². The molecule has 0 fully saturated rings. The van der Waals surface area contributed by atoms with Crippen LogP contribution in [-0.4, -0.2) is 21.0 Å². The molecule has 0 aliphatic heterocycles. The first-order chi connectivity index (χ1) is 15.5. The fraction of sp³-hybridized carbons (Fsp3) is 0.217. The van der Waals surface area contributed by atoms with Crippen molar-refractivity contribution in [2.75, 3.05) is 0 Å². The van der Waals surface area contributed by atoms with Gasteiger partial charge in [0, 0.05) is 36.1 Å². The Kier molecular flexibility index (Phi) is 5.60. The van der Waals surface area contributed by atoms with Crippen molar-refractivity contribution in [1.82, 2.24) is 14.4 Å². The Morgan fingerprint density at radius 2 is 1.94 bits per heavy atom. The van der Waals surface area contributed by atoms with Crippen molar-refractivity contribution in [2.45, 2.75) is 31.7 Å². The third kappa shape index (κ3) is 3.86. The summed E-state index contributed by atoms with van der Waals surface area (Å²) in [5, 5.41) is 0. The molecule has 0 bridgehead atoms. The number of alkyl halides is 2.